The Morgan fingerprint density at radius 3 is 2.64 bits per heavy atom. The highest BCUT2D eigenvalue weighted by molar-refractivity contribution is 5.95. The molecule has 2 aromatic heterocycles. The molecule has 146 valence electrons. The average molecular weight is 391 g/mol. The maximum atomic E-state index is 12.6. The van der Waals surface area contributed by atoms with Crippen molar-refractivity contribution in [2.75, 3.05) is 6.54 Å². The molecule has 1 atom stereocenters. The van der Waals surface area contributed by atoms with Crippen LogP contribution >= 0.6 is 0 Å². The SMILES string of the molecule is C[C@H](O)CNC(=O)c1ccc2cc(Oc3ccc(C(F)(F)F)cn3)ccc2n1. The highest BCUT2D eigenvalue weighted by Crippen LogP contribution is 2.30. The third-order valence-electron chi connectivity index (χ3n) is 3.74. The number of nitrogens with zero attached hydrogens (tertiary/aromatic N) is 2. The Labute approximate surface area is 158 Å². The lowest BCUT2D eigenvalue weighted by Crippen LogP contribution is -2.31. The molecule has 0 spiro atoms. The molecule has 0 aliphatic heterocycles. The molecule has 0 saturated carbocycles. The van der Waals surface area contributed by atoms with Crippen LogP contribution in [0.2, 0.25) is 0 Å². The van der Waals surface area contributed by atoms with Gasteiger partial charge < -0.3 is 15.2 Å². The molecule has 1 amide bonds. The van der Waals surface area contributed by atoms with Crippen LogP contribution < -0.4 is 10.1 Å². The van der Waals surface area contributed by atoms with Crippen molar-refractivity contribution in [3.05, 3.63) is 59.9 Å². The minimum Gasteiger partial charge on any atom is -0.439 e. The van der Waals surface area contributed by atoms with E-state index in [0.29, 0.717) is 22.8 Å². The number of halogens is 3. The van der Waals surface area contributed by atoms with Gasteiger partial charge in [-0.3, -0.25) is 4.79 Å². The van der Waals surface area contributed by atoms with Gasteiger partial charge in [-0.25, -0.2) is 9.97 Å². The molecule has 2 N–H and O–H groups in total. The quantitative estimate of drug-likeness (QED) is 0.695. The van der Waals surface area contributed by atoms with E-state index < -0.39 is 23.8 Å². The zero-order chi connectivity index (χ0) is 20.3. The van der Waals surface area contributed by atoms with Crippen molar-refractivity contribution in [3.63, 3.8) is 0 Å². The van der Waals surface area contributed by atoms with Crippen molar-refractivity contribution >= 4 is 16.8 Å². The van der Waals surface area contributed by atoms with Gasteiger partial charge in [0.15, 0.2) is 0 Å². The summed E-state index contributed by atoms with van der Waals surface area (Å²) in [5.74, 6) is -0.0145. The molecule has 9 heteroatoms. The van der Waals surface area contributed by atoms with Crippen LogP contribution in [0.5, 0.6) is 11.6 Å². The lowest BCUT2D eigenvalue weighted by Gasteiger charge is -2.09. The van der Waals surface area contributed by atoms with Gasteiger partial charge in [0.1, 0.15) is 11.4 Å². The molecule has 0 bridgehead atoms. The van der Waals surface area contributed by atoms with Gasteiger partial charge in [0.2, 0.25) is 5.88 Å². The van der Waals surface area contributed by atoms with E-state index in [1.54, 1.807) is 31.2 Å². The summed E-state index contributed by atoms with van der Waals surface area (Å²) in [6.45, 7) is 1.67. The Hall–Kier alpha value is -3.20. The zero-order valence-corrected chi connectivity index (χ0v) is 14.7. The fraction of sp³-hybridized carbons (Fsp3) is 0.211. The van der Waals surface area contributed by atoms with Crippen molar-refractivity contribution in [2.24, 2.45) is 0 Å². The summed E-state index contributed by atoms with van der Waals surface area (Å²) in [7, 11) is 0. The van der Waals surface area contributed by atoms with E-state index in [1.165, 1.54) is 6.07 Å². The smallest absolute Gasteiger partial charge is 0.417 e. The maximum Gasteiger partial charge on any atom is 0.417 e. The Kier molecular flexibility index (Phi) is 5.46. The number of nitrogens with one attached hydrogen (secondary N) is 1. The van der Waals surface area contributed by atoms with E-state index in [9.17, 15) is 23.1 Å². The van der Waals surface area contributed by atoms with Crippen molar-refractivity contribution in [1.29, 1.82) is 0 Å². The number of carbonyl (C=O) groups excluding carboxylic acids is 1. The Morgan fingerprint density at radius 2 is 2.00 bits per heavy atom. The number of aliphatic hydroxyl groups is 1. The number of amides is 1. The van der Waals surface area contributed by atoms with Crippen LogP contribution in [0.15, 0.2) is 48.7 Å². The van der Waals surface area contributed by atoms with E-state index in [2.05, 4.69) is 15.3 Å². The van der Waals surface area contributed by atoms with Crippen molar-refractivity contribution < 1.29 is 27.8 Å². The van der Waals surface area contributed by atoms with E-state index in [0.717, 1.165) is 12.1 Å². The third-order valence-corrected chi connectivity index (χ3v) is 3.74. The first kappa shape index (κ1) is 19.6. The largest absolute Gasteiger partial charge is 0.439 e. The molecule has 2 heterocycles. The number of ether oxygens (including phenoxy) is 1. The number of pyridine rings is 2. The topological polar surface area (TPSA) is 84.3 Å². The molecule has 6 nitrogen and oxygen atoms in total. The fourth-order valence-corrected chi connectivity index (χ4v) is 2.35. The molecule has 3 rings (SSSR count). The Balaban J connectivity index is 1.75. The number of aromatic nitrogens is 2. The van der Waals surface area contributed by atoms with Gasteiger partial charge in [-0.2, -0.15) is 13.2 Å². The second-order valence-electron chi connectivity index (χ2n) is 6.09. The zero-order valence-electron chi connectivity index (χ0n) is 14.7. The van der Waals surface area contributed by atoms with Crippen molar-refractivity contribution in [2.45, 2.75) is 19.2 Å². The van der Waals surface area contributed by atoms with Crippen molar-refractivity contribution in [3.8, 4) is 11.6 Å². The first-order chi connectivity index (χ1) is 13.2. The average Bonchev–Trinajstić information content (AvgIpc) is 2.65. The van der Waals surface area contributed by atoms with Crippen LogP contribution in [0, 0.1) is 0 Å². The van der Waals surface area contributed by atoms with Crippen LogP contribution in [0.1, 0.15) is 23.0 Å². The summed E-state index contributed by atoms with van der Waals surface area (Å²) in [6.07, 6.45) is -4.42. The third kappa shape index (κ3) is 4.74. The van der Waals surface area contributed by atoms with Gasteiger partial charge in [0.05, 0.1) is 17.2 Å². The maximum absolute atomic E-state index is 12.6. The number of fused-ring (bicyclic) bond motifs is 1. The number of aliphatic hydroxyl groups excluding tert-OH is 1. The van der Waals surface area contributed by atoms with Gasteiger partial charge in [0.25, 0.3) is 5.91 Å². The first-order valence-electron chi connectivity index (χ1n) is 8.30. The molecule has 0 fully saturated rings. The molecule has 0 aliphatic carbocycles. The summed E-state index contributed by atoms with van der Waals surface area (Å²) in [5.41, 5.74) is -0.118. The number of rotatable bonds is 5. The van der Waals surface area contributed by atoms with Gasteiger partial charge in [-0.1, -0.05) is 6.07 Å². The molecule has 0 saturated heterocycles. The fourth-order valence-electron chi connectivity index (χ4n) is 2.35. The van der Waals surface area contributed by atoms with Gasteiger partial charge in [0, 0.05) is 24.2 Å². The van der Waals surface area contributed by atoms with E-state index in [-0.39, 0.29) is 18.1 Å². The van der Waals surface area contributed by atoms with Crippen LogP contribution in [0.3, 0.4) is 0 Å². The molecular formula is C19H16F3N3O3. The number of alkyl halides is 3. The second-order valence-corrected chi connectivity index (χ2v) is 6.09. The molecule has 28 heavy (non-hydrogen) atoms. The van der Waals surface area contributed by atoms with E-state index >= 15 is 0 Å². The number of hydrogen-bond acceptors (Lipinski definition) is 5. The minimum atomic E-state index is -4.46. The Bertz CT molecular complexity index is 989. The summed E-state index contributed by atoms with van der Waals surface area (Å²) in [5, 5.41) is 12.5. The van der Waals surface area contributed by atoms with E-state index in [1.807, 2.05) is 0 Å². The Morgan fingerprint density at radius 1 is 1.21 bits per heavy atom. The van der Waals surface area contributed by atoms with Crippen LogP contribution in [0.25, 0.3) is 10.9 Å². The van der Waals surface area contributed by atoms with Crippen LogP contribution in [-0.4, -0.2) is 33.6 Å². The number of hydrogen-bond donors (Lipinski definition) is 2. The normalized spacial score (nSPS) is 12.6. The number of benzene rings is 1. The minimum absolute atomic E-state index is 0.0226. The highest BCUT2D eigenvalue weighted by Gasteiger charge is 2.30. The monoisotopic (exact) mass is 391 g/mol. The second kappa shape index (κ2) is 7.81. The molecule has 0 radical (unpaired) electrons. The summed E-state index contributed by atoms with van der Waals surface area (Å²) in [4.78, 5) is 19.9. The van der Waals surface area contributed by atoms with Gasteiger partial charge >= 0.3 is 6.18 Å². The lowest BCUT2D eigenvalue weighted by molar-refractivity contribution is -0.137. The van der Waals surface area contributed by atoms with Gasteiger partial charge in [-0.05, 0) is 37.3 Å². The van der Waals surface area contributed by atoms with Gasteiger partial charge in [-0.15, -0.1) is 0 Å². The standard InChI is InChI=1S/C19H16F3N3O3/c1-11(26)9-24-18(27)16-5-2-12-8-14(4-6-15(12)25-16)28-17-7-3-13(10-23-17)19(20,21)22/h2-8,10-11,26H,9H2,1H3,(H,24,27)/t11-/m0/s1. The lowest BCUT2D eigenvalue weighted by atomic mass is 10.2. The molecule has 0 unspecified atom stereocenters. The van der Waals surface area contributed by atoms with Crippen molar-refractivity contribution in [1.82, 2.24) is 15.3 Å². The van der Waals surface area contributed by atoms with Crippen LogP contribution in [0.4, 0.5) is 13.2 Å². The van der Waals surface area contributed by atoms with E-state index in [4.69, 9.17) is 4.74 Å². The highest BCUT2D eigenvalue weighted by atomic mass is 19.4. The van der Waals surface area contributed by atoms with Crippen LogP contribution in [-0.2, 0) is 6.18 Å². The molecule has 3 aromatic rings. The molecular weight excluding hydrogens is 375 g/mol. The summed E-state index contributed by atoms with van der Waals surface area (Å²) >= 11 is 0. The summed E-state index contributed by atoms with van der Waals surface area (Å²) in [6, 6.07) is 10.1. The predicted octanol–water partition coefficient (Wildman–Crippen LogP) is 3.55. The predicted molar refractivity (Wildman–Crippen MR) is 95.1 cm³/mol. The first-order valence-corrected chi connectivity index (χ1v) is 8.30. The summed E-state index contributed by atoms with van der Waals surface area (Å²) < 4.78 is 43.2. The molecule has 1 aromatic carbocycles. The number of carbonyl (C=O) groups is 1. The molecule has 0 aliphatic rings.